The summed E-state index contributed by atoms with van der Waals surface area (Å²) in [5, 5.41) is 0. The first-order valence-corrected chi connectivity index (χ1v) is 6.53. The molecule has 1 fully saturated rings. The van der Waals surface area contributed by atoms with E-state index in [1.165, 1.54) is 6.92 Å². The Labute approximate surface area is 114 Å². The second-order valence-corrected chi connectivity index (χ2v) is 6.13. The third kappa shape index (κ3) is 2.30. The Kier molecular flexibility index (Phi) is 4.53. The molecule has 1 rings (SSSR count). The maximum atomic E-state index is 12.5. The minimum absolute atomic E-state index is 0.480. The summed E-state index contributed by atoms with van der Waals surface area (Å²) in [7, 11) is 2.29. The molecule has 102 valence electrons. The molecule has 1 aliphatic rings. The Morgan fingerprint density at radius 3 is 1.78 bits per heavy atom. The summed E-state index contributed by atoms with van der Waals surface area (Å²) >= 11 is 3.38. The first kappa shape index (κ1) is 15.1. The Morgan fingerprint density at radius 2 is 1.44 bits per heavy atom. The highest BCUT2D eigenvalue weighted by molar-refractivity contribution is 9.10. The van der Waals surface area contributed by atoms with Gasteiger partial charge in [-0.1, -0.05) is 28.8 Å². The number of hydrogen-bond acceptors (Lipinski definition) is 5. The van der Waals surface area contributed by atoms with Crippen LogP contribution in [0.2, 0.25) is 0 Å². The molecule has 1 aliphatic carbocycles. The smallest absolute Gasteiger partial charge is 0.330 e. The monoisotopic (exact) mass is 320 g/mol. The quantitative estimate of drug-likeness (QED) is 0.447. The van der Waals surface area contributed by atoms with E-state index in [-0.39, 0.29) is 0 Å². The molecular formula is C12H17BrO5. The van der Waals surface area contributed by atoms with Crippen LogP contribution in [0.1, 0.15) is 32.6 Å². The van der Waals surface area contributed by atoms with Crippen molar-refractivity contribution in [1.82, 2.24) is 0 Å². The van der Waals surface area contributed by atoms with Crippen LogP contribution in [0, 0.1) is 5.41 Å². The van der Waals surface area contributed by atoms with Gasteiger partial charge in [-0.3, -0.25) is 14.4 Å². The van der Waals surface area contributed by atoms with E-state index in [9.17, 15) is 14.4 Å². The Balaban J connectivity index is 3.15. The van der Waals surface area contributed by atoms with Gasteiger partial charge in [0.05, 0.1) is 18.5 Å². The van der Waals surface area contributed by atoms with Crippen molar-refractivity contribution in [3.63, 3.8) is 0 Å². The highest BCUT2D eigenvalue weighted by Gasteiger charge is 2.58. The standard InChI is InChI=1S/C12H17BrO5/c1-11(9(15)17-2,10(16)18-3)8(14)12(13)6-4-5-7-12/h4-7H2,1-3H3. The van der Waals surface area contributed by atoms with Gasteiger partial charge in [0.1, 0.15) is 0 Å². The van der Waals surface area contributed by atoms with Gasteiger partial charge >= 0.3 is 11.9 Å². The highest BCUT2D eigenvalue weighted by atomic mass is 79.9. The molecule has 0 unspecified atom stereocenters. The summed E-state index contributed by atoms with van der Waals surface area (Å²) in [6.07, 6.45) is 2.98. The predicted molar refractivity (Wildman–Crippen MR) is 67.3 cm³/mol. The normalized spacial score (nSPS) is 18.2. The van der Waals surface area contributed by atoms with E-state index in [4.69, 9.17) is 0 Å². The second-order valence-electron chi connectivity index (χ2n) is 4.61. The van der Waals surface area contributed by atoms with Crippen molar-refractivity contribution in [2.75, 3.05) is 14.2 Å². The van der Waals surface area contributed by atoms with Crippen LogP contribution < -0.4 is 0 Å². The van der Waals surface area contributed by atoms with Crippen LogP contribution in [0.3, 0.4) is 0 Å². The summed E-state index contributed by atoms with van der Waals surface area (Å²) in [5.74, 6) is -2.25. The lowest BCUT2D eigenvalue weighted by Crippen LogP contribution is -2.52. The lowest BCUT2D eigenvalue weighted by Gasteiger charge is -2.30. The van der Waals surface area contributed by atoms with Crippen molar-refractivity contribution >= 4 is 33.7 Å². The first-order valence-electron chi connectivity index (χ1n) is 5.73. The van der Waals surface area contributed by atoms with Gasteiger partial charge in [-0.25, -0.2) is 0 Å². The van der Waals surface area contributed by atoms with Crippen molar-refractivity contribution in [2.45, 2.75) is 36.9 Å². The molecule has 0 aromatic carbocycles. The number of rotatable bonds is 4. The number of alkyl halides is 1. The van der Waals surface area contributed by atoms with E-state index in [1.54, 1.807) is 0 Å². The minimum Gasteiger partial charge on any atom is -0.468 e. The van der Waals surface area contributed by atoms with Crippen molar-refractivity contribution in [1.29, 1.82) is 0 Å². The summed E-state index contributed by atoms with van der Waals surface area (Å²) < 4.78 is 8.34. The molecule has 18 heavy (non-hydrogen) atoms. The number of Topliss-reactive ketones (excluding diaryl/α,β-unsaturated/α-hetero) is 1. The van der Waals surface area contributed by atoms with Crippen LogP contribution in [0.15, 0.2) is 0 Å². The molecule has 0 aromatic rings. The number of carbonyl (C=O) groups excluding carboxylic acids is 3. The van der Waals surface area contributed by atoms with Crippen LogP contribution in [0.25, 0.3) is 0 Å². The third-order valence-corrected chi connectivity index (χ3v) is 4.60. The molecule has 0 saturated heterocycles. The van der Waals surface area contributed by atoms with Crippen LogP contribution in [0.4, 0.5) is 0 Å². The number of methoxy groups -OCH3 is 2. The average Bonchev–Trinajstić information content (AvgIpc) is 2.82. The van der Waals surface area contributed by atoms with Gasteiger partial charge < -0.3 is 9.47 Å². The second kappa shape index (κ2) is 5.38. The third-order valence-electron chi connectivity index (χ3n) is 3.44. The van der Waals surface area contributed by atoms with E-state index < -0.39 is 27.5 Å². The van der Waals surface area contributed by atoms with E-state index >= 15 is 0 Å². The molecule has 0 atom stereocenters. The highest BCUT2D eigenvalue weighted by Crippen LogP contribution is 2.43. The lowest BCUT2D eigenvalue weighted by atomic mass is 9.78. The Bertz CT molecular complexity index is 355. The topological polar surface area (TPSA) is 69.7 Å². The van der Waals surface area contributed by atoms with Gasteiger partial charge in [0.25, 0.3) is 0 Å². The number of halogens is 1. The molecule has 0 spiro atoms. The maximum absolute atomic E-state index is 12.5. The van der Waals surface area contributed by atoms with Gasteiger partial charge in [0.2, 0.25) is 5.41 Å². The SMILES string of the molecule is COC(=O)C(C)(C(=O)OC)C(=O)C1(Br)CCCC1. The van der Waals surface area contributed by atoms with Gasteiger partial charge in [-0.05, 0) is 19.8 Å². The molecule has 0 radical (unpaired) electrons. The average molecular weight is 321 g/mol. The minimum atomic E-state index is -1.91. The number of hydrogen-bond donors (Lipinski definition) is 0. The van der Waals surface area contributed by atoms with Crippen LogP contribution in [0.5, 0.6) is 0 Å². The molecule has 5 nitrogen and oxygen atoms in total. The summed E-state index contributed by atoms with van der Waals surface area (Å²) in [6.45, 7) is 1.26. The predicted octanol–water partition coefficient (Wildman–Crippen LogP) is 1.62. The molecule has 0 amide bonds. The number of carbonyl (C=O) groups is 3. The molecule has 6 heteroatoms. The summed E-state index contributed by atoms with van der Waals surface area (Å²) in [5.41, 5.74) is -1.91. The number of esters is 2. The molecule has 0 aromatic heterocycles. The van der Waals surface area contributed by atoms with Gasteiger partial charge in [0, 0.05) is 0 Å². The van der Waals surface area contributed by atoms with Crippen molar-refractivity contribution in [2.24, 2.45) is 5.41 Å². The molecular weight excluding hydrogens is 304 g/mol. The number of ketones is 1. The Morgan fingerprint density at radius 1 is 1.06 bits per heavy atom. The summed E-state index contributed by atoms with van der Waals surface area (Å²) in [6, 6.07) is 0. The summed E-state index contributed by atoms with van der Waals surface area (Å²) in [4.78, 5) is 36.2. The van der Waals surface area contributed by atoms with E-state index in [1.807, 2.05) is 0 Å². The zero-order valence-electron chi connectivity index (χ0n) is 10.7. The lowest BCUT2D eigenvalue weighted by molar-refractivity contribution is -0.171. The van der Waals surface area contributed by atoms with E-state index in [0.717, 1.165) is 27.1 Å². The molecule has 0 aliphatic heterocycles. The zero-order valence-corrected chi connectivity index (χ0v) is 12.3. The molecule has 1 saturated carbocycles. The van der Waals surface area contributed by atoms with E-state index in [0.29, 0.717) is 12.8 Å². The van der Waals surface area contributed by atoms with Crippen LogP contribution in [-0.2, 0) is 23.9 Å². The largest absolute Gasteiger partial charge is 0.468 e. The zero-order chi connectivity index (χ0) is 14.0. The van der Waals surface area contributed by atoms with E-state index in [2.05, 4.69) is 25.4 Å². The van der Waals surface area contributed by atoms with Gasteiger partial charge in [-0.15, -0.1) is 0 Å². The fraction of sp³-hybridized carbons (Fsp3) is 0.750. The van der Waals surface area contributed by atoms with Crippen molar-refractivity contribution < 1.29 is 23.9 Å². The molecule has 0 bridgehead atoms. The fourth-order valence-electron chi connectivity index (χ4n) is 2.29. The van der Waals surface area contributed by atoms with Crippen LogP contribution >= 0.6 is 15.9 Å². The van der Waals surface area contributed by atoms with Gasteiger partial charge in [0.15, 0.2) is 5.78 Å². The number of ether oxygens (including phenoxy) is 2. The Hall–Kier alpha value is -0.910. The first-order chi connectivity index (χ1) is 8.32. The van der Waals surface area contributed by atoms with Crippen molar-refractivity contribution in [3.8, 4) is 0 Å². The maximum Gasteiger partial charge on any atom is 0.330 e. The fourth-order valence-corrected chi connectivity index (χ4v) is 3.24. The van der Waals surface area contributed by atoms with Crippen molar-refractivity contribution in [3.05, 3.63) is 0 Å². The molecule has 0 N–H and O–H groups in total. The molecule has 0 heterocycles. The van der Waals surface area contributed by atoms with Gasteiger partial charge in [-0.2, -0.15) is 0 Å². The van der Waals surface area contributed by atoms with Crippen LogP contribution in [-0.4, -0.2) is 36.3 Å².